The molecule has 176 valence electrons. The van der Waals surface area contributed by atoms with E-state index in [2.05, 4.69) is 24.4 Å². The monoisotopic (exact) mass is 434 g/mol. The van der Waals surface area contributed by atoms with Crippen molar-refractivity contribution in [3.8, 4) is 0 Å². The lowest BCUT2D eigenvalue weighted by Gasteiger charge is -2.63. The molecule has 0 saturated heterocycles. The van der Waals surface area contributed by atoms with Crippen LogP contribution in [0.5, 0.6) is 0 Å². The smallest absolute Gasteiger partial charge is 0.332 e. The molecule has 31 heavy (non-hydrogen) atoms. The first-order chi connectivity index (χ1) is 14.7. The zero-order chi connectivity index (χ0) is 22.3. The highest BCUT2D eigenvalue weighted by Gasteiger charge is 2.66. The molecule has 4 aliphatic rings. The molecule has 0 heterocycles. The van der Waals surface area contributed by atoms with Crippen molar-refractivity contribution in [2.24, 2.45) is 51.1 Å². The Labute approximate surface area is 186 Å². The van der Waals surface area contributed by atoms with Crippen LogP contribution in [0.4, 0.5) is 4.79 Å². The van der Waals surface area contributed by atoms with Gasteiger partial charge in [-0.05, 0) is 93.9 Å². The molecule has 0 aliphatic heterocycles. The Bertz CT molecular complexity index is 702. The average Bonchev–Trinajstić information content (AvgIpc) is 2.99. The minimum Gasteiger partial charge on any atom is -0.389 e. The number of hydrogen-bond acceptors (Lipinski definition) is 5. The number of primary amides is 1. The summed E-state index contributed by atoms with van der Waals surface area (Å²) in [6.07, 6.45) is 12.8. The number of hydrazone groups is 1. The predicted octanol–water partition coefficient (Wildman–Crippen LogP) is 3.15. The molecule has 0 spiro atoms. The Kier molecular flexibility index (Phi) is 6.41. The van der Waals surface area contributed by atoms with E-state index in [9.17, 15) is 9.90 Å². The third kappa shape index (κ3) is 3.80. The van der Waals surface area contributed by atoms with Gasteiger partial charge in [-0.15, -0.1) is 0 Å². The number of amides is 2. The van der Waals surface area contributed by atoms with Gasteiger partial charge in [0.1, 0.15) is 0 Å². The van der Waals surface area contributed by atoms with Crippen molar-refractivity contribution in [2.45, 2.75) is 89.8 Å². The molecule has 7 nitrogen and oxygen atoms in total. The summed E-state index contributed by atoms with van der Waals surface area (Å²) in [4.78, 5) is 11.0. The van der Waals surface area contributed by atoms with Crippen molar-refractivity contribution in [1.29, 1.82) is 0 Å². The first-order valence-electron chi connectivity index (χ1n) is 12.4. The fourth-order valence-corrected chi connectivity index (χ4v) is 8.14. The third-order valence-electron chi connectivity index (χ3n) is 10.0. The van der Waals surface area contributed by atoms with E-state index in [1.807, 2.05) is 6.21 Å². The molecular formula is C24H42N4O3. The molecule has 0 unspecified atom stereocenters. The van der Waals surface area contributed by atoms with Crippen LogP contribution in [-0.4, -0.2) is 42.2 Å². The number of nitrogens with zero attached hydrogens (tertiary/aromatic N) is 1. The van der Waals surface area contributed by atoms with Gasteiger partial charge in [-0.3, -0.25) is 0 Å². The number of hydrogen-bond donors (Lipinski definition) is 4. The summed E-state index contributed by atoms with van der Waals surface area (Å²) < 4.78 is 6.14. The minimum absolute atomic E-state index is 0.169. The molecule has 0 radical (unpaired) electrons. The second-order valence-electron chi connectivity index (χ2n) is 11.2. The van der Waals surface area contributed by atoms with Gasteiger partial charge in [0, 0.05) is 24.2 Å². The highest BCUT2D eigenvalue weighted by Crippen LogP contribution is 2.68. The van der Waals surface area contributed by atoms with Crippen molar-refractivity contribution < 1.29 is 14.6 Å². The fourth-order valence-electron chi connectivity index (χ4n) is 8.14. The second kappa shape index (κ2) is 8.64. The van der Waals surface area contributed by atoms with E-state index < -0.39 is 11.6 Å². The Morgan fingerprint density at radius 1 is 1.16 bits per heavy atom. The van der Waals surface area contributed by atoms with Gasteiger partial charge in [0.2, 0.25) is 0 Å². The Balaban J connectivity index is 1.48. The summed E-state index contributed by atoms with van der Waals surface area (Å²) in [5.74, 6) is 1.79. The van der Waals surface area contributed by atoms with Crippen molar-refractivity contribution in [2.75, 3.05) is 13.2 Å². The van der Waals surface area contributed by atoms with Gasteiger partial charge in [0.05, 0.1) is 11.7 Å². The highest BCUT2D eigenvalue weighted by atomic mass is 16.5. The lowest BCUT2D eigenvalue weighted by atomic mass is 9.43. The summed E-state index contributed by atoms with van der Waals surface area (Å²) in [7, 11) is 0. The van der Waals surface area contributed by atoms with Crippen LogP contribution in [0.3, 0.4) is 0 Å². The summed E-state index contributed by atoms with van der Waals surface area (Å²) >= 11 is 0. The van der Waals surface area contributed by atoms with Gasteiger partial charge in [-0.1, -0.05) is 13.8 Å². The highest BCUT2D eigenvalue weighted by molar-refractivity contribution is 5.73. The molecule has 7 heteroatoms. The molecule has 4 fully saturated rings. The van der Waals surface area contributed by atoms with Crippen LogP contribution in [0.1, 0.15) is 78.1 Å². The number of carbonyl (C=O) groups is 1. The maximum atomic E-state index is 12.1. The van der Waals surface area contributed by atoms with Crippen molar-refractivity contribution in [1.82, 2.24) is 5.43 Å². The van der Waals surface area contributed by atoms with E-state index in [0.717, 1.165) is 51.6 Å². The zero-order valence-electron chi connectivity index (χ0n) is 19.3. The Morgan fingerprint density at radius 3 is 2.71 bits per heavy atom. The van der Waals surface area contributed by atoms with Gasteiger partial charge < -0.3 is 21.3 Å². The number of rotatable bonds is 6. The maximum absolute atomic E-state index is 12.1. The fraction of sp³-hybridized carbons (Fsp3) is 0.917. The van der Waals surface area contributed by atoms with E-state index in [-0.39, 0.29) is 11.3 Å². The number of fused-ring (bicyclic) bond motifs is 5. The second-order valence-corrected chi connectivity index (χ2v) is 11.2. The summed E-state index contributed by atoms with van der Waals surface area (Å²) in [5, 5.41) is 16.2. The third-order valence-corrected chi connectivity index (χ3v) is 10.0. The number of nitrogens with one attached hydrogen (secondary N) is 1. The van der Waals surface area contributed by atoms with Gasteiger partial charge in [0.15, 0.2) is 0 Å². The molecule has 0 bridgehead atoms. The average molecular weight is 435 g/mol. The van der Waals surface area contributed by atoms with Crippen LogP contribution in [0.25, 0.3) is 0 Å². The van der Waals surface area contributed by atoms with Gasteiger partial charge >= 0.3 is 6.03 Å². The Morgan fingerprint density at radius 2 is 1.97 bits per heavy atom. The van der Waals surface area contributed by atoms with Crippen molar-refractivity contribution >= 4 is 12.2 Å². The number of nitrogens with two attached hydrogens (primary N) is 2. The van der Waals surface area contributed by atoms with E-state index in [1.165, 1.54) is 19.3 Å². The first kappa shape index (κ1) is 23.0. The van der Waals surface area contributed by atoms with E-state index in [4.69, 9.17) is 16.2 Å². The lowest BCUT2D eigenvalue weighted by molar-refractivity contribution is -0.207. The topological polar surface area (TPSA) is 123 Å². The lowest BCUT2D eigenvalue weighted by Crippen LogP contribution is -2.62. The molecule has 0 aromatic rings. The van der Waals surface area contributed by atoms with E-state index in [1.54, 1.807) is 0 Å². The number of ether oxygens (including phenoxy) is 1. The van der Waals surface area contributed by atoms with E-state index in [0.29, 0.717) is 35.8 Å². The predicted molar refractivity (Wildman–Crippen MR) is 121 cm³/mol. The van der Waals surface area contributed by atoms with Crippen molar-refractivity contribution in [3.63, 3.8) is 0 Å². The molecule has 8 atom stereocenters. The largest absolute Gasteiger partial charge is 0.389 e. The molecule has 4 saturated carbocycles. The maximum Gasteiger partial charge on any atom is 0.332 e. The Hall–Kier alpha value is -1.18. The van der Waals surface area contributed by atoms with Crippen LogP contribution in [0, 0.1) is 34.5 Å². The van der Waals surface area contributed by atoms with Crippen LogP contribution >= 0.6 is 0 Å². The van der Waals surface area contributed by atoms with Gasteiger partial charge in [0.25, 0.3) is 0 Å². The molecule has 4 rings (SSSR count). The minimum atomic E-state index is -0.651. The summed E-state index contributed by atoms with van der Waals surface area (Å²) in [6.45, 7) is 6.22. The number of carbonyl (C=O) groups excluding carboxylic acids is 1. The number of aliphatic hydroxyl groups is 1. The van der Waals surface area contributed by atoms with Crippen LogP contribution < -0.4 is 16.9 Å². The molecule has 6 N–H and O–H groups in total. The van der Waals surface area contributed by atoms with E-state index >= 15 is 0 Å². The standard InChI is InChI=1S/C24H42N4O3/c1-22-9-7-18(31-13-3-12-25)14-16(22)4-5-20-19(22)8-10-23(2)17(6-11-24(20,23)30)15-27-28-21(26)29/h15-20,30H,3-14,25H2,1-2H3,(H3,26,28,29)/b27-15+/t16-,17-,18+,19+,20-,22+,23-,24+/m1/s1. The summed E-state index contributed by atoms with van der Waals surface area (Å²) in [6, 6.07) is -0.646. The van der Waals surface area contributed by atoms with Crippen LogP contribution in [-0.2, 0) is 4.74 Å². The quantitative estimate of drug-likeness (QED) is 0.291. The molecule has 2 amide bonds. The van der Waals surface area contributed by atoms with Gasteiger partial charge in [-0.25, -0.2) is 10.2 Å². The van der Waals surface area contributed by atoms with Crippen LogP contribution in [0.2, 0.25) is 0 Å². The van der Waals surface area contributed by atoms with Crippen LogP contribution in [0.15, 0.2) is 5.10 Å². The number of urea groups is 1. The molecule has 4 aliphatic carbocycles. The van der Waals surface area contributed by atoms with Gasteiger partial charge in [-0.2, -0.15) is 5.10 Å². The normalized spacial score (nSPS) is 46.9. The SMILES string of the molecule is C[C@]12CC[C@H](OCCCN)C[C@H]1CC[C@@H]1[C@@H]2CC[C@]2(C)[C@@H](/C=N/NC(N)=O)CC[C@]12O. The first-order valence-corrected chi connectivity index (χ1v) is 12.4. The van der Waals surface area contributed by atoms with Crippen molar-refractivity contribution in [3.05, 3.63) is 0 Å². The summed E-state index contributed by atoms with van der Waals surface area (Å²) in [5.41, 5.74) is 12.6. The zero-order valence-corrected chi connectivity index (χ0v) is 19.3. The molecular weight excluding hydrogens is 392 g/mol. The molecule has 0 aromatic carbocycles. The molecule has 0 aromatic heterocycles.